The smallest absolute Gasteiger partial charge is 0.245 e. The van der Waals surface area contributed by atoms with Crippen LogP contribution in [0.25, 0.3) is 0 Å². The first-order chi connectivity index (χ1) is 28.3. The lowest BCUT2D eigenvalue weighted by atomic mass is 9.53. The normalized spacial score (nSPS) is 26.9. The molecule has 5 atom stereocenters. The van der Waals surface area contributed by atoms with E-state index in [4.69, 9.17) is 23.2 Å². The van der Waals surface area contributed by atoms with E-state index in [1.54, 1.807) is 24.3 Å². The highest BCUT2D eigenvalue weighted by molar-refractivity contribution is 6.31. The van der Waals surface area contributed by atoms with E-state index in [0.717, 1.165) is 5.56 Å². The number of amides is 3. The van der Waals surface area contributed by atoms with Crippen LogP contribution >= 0.6 is 23.2 Å². The first kappa shape index (κ1) is 41.4. The van der Waals surface area contributed by atoms with Crippen molar-refractivity contribution in [3.8, 4) is 0 Å². The third-order valence-corrected chi connectivity index (χ3v) is 14.3. The molecule has 0 radical (unpaired) electrons. The van der Waals surface area contributed by atoms with Gasteiger partial charge >= 0.3 is 0 Å². The van der Waals surface area contributed by atoms with Crippen molar-refractivity contribution >= 4 is 46.6 Å². The van der Waals surface area contributed by atoms with Gasteiger partial charge in [-0.05, 0) is 97.2 Å². The lowest BCUT2D eigenvalue weighted by molar-refractivity contribution is -0.137. The number of carbonyl (C=O) groups excluding carboxylic acids is 3. The molecule has 12 heteroatoms. The van der Waals surface area contributed by atoms with E-state index in [1.807, 2.05) is 66.7 Å². The molecule has 3 fully saturated rings. The molecule has 2 aliphatic heterocycles. The van der Waals surface area contributed by atoms with Gasteiger partial charge in [0.1, 0.15) is 17.8 Å². The van der Waals surface area contributed by atoms with Gasteiger partial charge in [-0.3, -0.25) is 19.3 Å². The molecule has 4 aromatic carbocycles. The second-order valence-corrected chi connectivity index (χ2v) is 18.5. The summed E-state index contributed by atoms with van der Waals surface area (Å²) in [4.78, 5) is 45.6. The first-order valence-corrected chi connectivity index (χ1v) is 21.4. The van der Waals surface area contributed by atoms with Crippen molar-refractivity contribution in [2.75, 3.05) is 11.9 Å². The molecule has 2 saturated carbocycles. The molecule has 2 spiro atoms. The minimum absolute atomic E-state index is 0.114. The maximum atomic E-state index is 17.1. The number of rotatable bonds is 9. The summed E-state index contributed by atoms with van der Waals surface area (Å²) in [5.74, 6) is -3.04. The van der Waals surface area contributed by atoms with Crippen LogP contribution in [0.3, 0.4) is 0 Å². The van der Waals surface area contributed by atoms with Gasteiger partial charge in [-0.25, -0.2) is 4.39 Å². The molecule has 2 heterocycles. The third kappa shape index (κ3) is 7.14. The summed E-state index contributed by atoms with van der Waals surface area (Å²) < 4.78 is 17.1. The molecule has 0 bridgehead atoms. The van der Waals surface area contributed by atoms with E-state index in [9.17, 15) is 15.0 Å². The Bertz CT molecular complexity index is 2210. The Morgan fingerprint density at radius 2 is 1.46 bits per heavy atom. The second kappa shape index (κ2) is 16.3. The molecule has 310 valence electrons. The van der Waals surface area contributed by atoms with E-state index >= 15 is 14.0 Å². The Labute approximate surface area is 354 Å². The zero-order valence-electron chi connectivity index (χ0n) is 33.3. The van der Waals surface area contributed by atoms with Crippen LogP contribution in [0, 0.1) is 11.2 Å². The SMILES string of the molecule is CC1(C)CCC2(CC1)N([C@H](c1ccccc1)[C@@H](O)c1ccccc1)[C@@H](C(=O)NC1CCC(NC(=O)CO)CC1)[C@H](c1cccc(Cl)c1F)C21C(=O)Nc2cc(Cl)ccc21. The summed E-state index contributed by atoms with van der Waals surface area (Å²) in [6, 6.07) is 26.5. The van der Waals surface area contributed by atoms with Gasteiger partial charge in [0.15, 0.2) is 0 Å². The summed E-state index contributed by atoms with van der Waals surface area (Å²) in [6.07, 6.45) is 3.36. The Morgan fingerprint density at radius 1 is 0.847 bits per heavy atom. The summed E-state index contributed by atoms with van der Waals surface area (Å²) in [6.45, 7) is 3.81. The molecule has 5 N–H and O–H groups in total. The number of likely N-dealkylation sites (tertiary alicyclic amines) is 1. The fraction of sp³-hybridized carbons (Fsp3) is 0.426. The van der Waals surface area contributed by atoms with Crippen LogP contribution in [0.2, 0.25) is 10.0 Å². The molecule has 8 rings (SSSR count). The zero-order valence-corrected chi connectivity index (χ0v) is 34.8. The predicted octanol–water partition coefficient (Wildman–Crippen LogP) is 8.14. The summed E-state index contributed by atoms with van der Waals surface area (Å²) in [5, 5.41) is 31.9. The van der Waals surface area contributed by atoms with Crippen molar-refractivity contribution < 1.29 is 29.0 Å². The van der Waals surface area contributed by atoms with Crippen molar-refractivity contribution in [2.24, 2.45) is 5.41 Å². The van der Waals surface area contributed by atoms with Gasteiger partial charge in [-0.2, -0.15) is 0 Å². The molecule has 59 heavy (non-hydrogen) atoms. The fourth-order valence-electron chi connectivity index (χ4n) is 11.0. The number of nitrogens with zero attached hydrogens (tertiary/aromatic N) is 1. The molecule has 9 nitrogen and oxygen atoms in total. The Kier molecular flexibility index (Phi) is 11.4. The average molecular weight is 842 g/mol. The highest BCUT2D eigenvalue weighted by Gasteiger charge is 2.77. The highest BCUT2D eigenvalue weighted by Crippen LogP contribution is 2.70. The fourth-order valence-corrected chi connectivity index (χ4v) is 11.4. The Balaban J connectivity index is 1.40. The van der Waals surface area contributed by atoms with Gasteiger partial charge in [0, 0.05) is 34.3 Å². The standard InChI is InChI=1S/C47H51Cl2FN4O5/c1-45(2)22-24-46(25-23-45)47(34-21-16-30(48)26-36(34)53-44(47)59)38(33-14-9-15-35(49)39(33)50)41(43(58)52-32-19-17-31(18-20-32)51-37(56)27-55)54(46)40(28-10-5-3-6-11-28)42(57)29-12-7-4-8-13-29/h3-16,21,26,31-32,38,40-42,55,57H,17-20,22-25,27H2,1-2H3,(H,51,56)(H,52,58)(H,53,59)/t31?,32?,38-,40+,41+,42-,47?/m0/s1. The topological polar surface area (TPSA) is 131 Å². The molecular formula is C47H51Cl2FN4O5. The first-order valence-electron chi connectivity index (χ1n) is 20.6. The van der Waals surface area contributed by atoms with E-state index in [2.05, 4.69) is 34.7 Å². The van der Waals surface area contributed by atoms with E-state index in [1.165, 1.54) is 6.07 Å². The van der Waals surface area contributed by atoms with E-state index < -0.39 is 59.3 Å². The maximum Gasteiger partial charge on any atom is 0.245 e. The Hall–Kier alpha value is -4.32. The Morgan fingerprint density at radius 3 is 2.08 bits per heavy atom. The zero-order chi connectivity index (χ0) is 41.7. The number of aliphatic hydroxyl groups excluding tert-OH is 2. The van der Waals surface area contributed by atoms with Gasteiger partial charge in [-0.15, -0.1) is 0 Å². The summed E-state index contributed by atoms with van der Waals surface area (Å²) in [7, 11) is 0. The molecule has 2 aliphatic carbocycles. The van der Waals surface area contributed by atoms with Gasteiger partial charge in [-0.1, -0.05) is 116 Å². The van der Waals surface area contributed by atoms with Crippen LogP contribution in [-0.2, 0) is 19.8 Å². The van der Waals surface area contributed by atoms with Gasteiger partial charge in [0.2, 0.25) is 17.7 Å². The van der Waals surface area contributed by atoms with Gasteiger partial charge < -0.3 is 26.2 Å². The van der Waals surface area contributed by atoms with Crippen LogP contribution in [0.1, 0.15) is 106 Å². The van der Waals surface area contributed by atoms with Crippen LogP contribution in [0.5, 0.6) is 0 Å². The van der Waals surface area contributed by atoms with Crippen molar-refractivity contribution in [1.82, 2.24) is 15.5 Å². The number of nitrogens with one attached hydrogen (secondary N) is 3. The summed E-state index contributed by atoms with van der Waals surface area (Å²) >= 11 is 13.2. The maximum absolute atomic E-state index is 17.1. The molecule has 4 aliphatic rings. The number of halogens is 3. The molecule has 3 amide bonds. The molecule has 1 unspecified atom stereocenters. The number of benzene rings is 4. The van der Waals surface area contributed by atoms with E-state index in [-0.39, 0.29) is 34.0 Å². The monoisotopic (exact) mass is 840 g/mol. The number of carbonyl (C=O) groups is 3. The number of anilines is 1. The number of hydrogen-bond acceptors (Lipinski definition) is 6. The highest BCUT2D eigenvalue weighted by atomic mass is 35.5. The van der Waals surface area contributed by atoms with Gasteiger partial charge in [0.05, 0.1) is 23.2 Å². The average Bonchev–Trinajstić information content (AvgIpc) is 3.66. The molecule has 0 aromatic heterocycles. The van der Waals surface area contributed by atoms with Crippen LogP contribution < -0.4 is 16.0 Å². The summed E-state index contributed by atoms with van der Waals surface area (Å²) in [5.41, 5.74) is -0.202. The van der Waals surface area contributed by atoms with E-state index in [0.29, 0.717) is 73.2 Å². The van der Waals surface area contributed by atoms with Gasteiger partial charge in [0.25, 0.3) is 0 Å². The molecule has 4 aromatic rings. The van der Waals surface area contributed by atoms with Crippen molar-refractivity contribution in [2.45, 2.75) is 112 Å². The number of aliphatic hydroxyl groups is 2. The van der Waals surface area contributed by atoms with Crippen LogP contribution in [-0.4, -0.2) is 63.1 Å². The largest absolute Gasteiger partial charge is 0.387 e. The van der Waals surface area contributed by atoms with Crippen LogP contribution in [0.4, 0.5) is 10.1 Å². The minimum Gasteiger partial charge on any atom is -0.387 e. The quantitative estimate of drug-likeness (QED) is 0.116. The second-order valence-electron chi connectivity index (χ2n) is 17.6. The molecule has 1 saturated heterocycles. The lowest BCUT2D eigenvalue weighted by Gasteiger charge is -2.56. The minimum atomic E-state index is -1.56. The predicted molar refractivity (Wildman–Crippen MR) is 227 cm³/mol. The lowest BCUT2D eigenvalue weighted by Crippen LogP contribution is -2.64. The third-order valence-electron chi connectivity index (χ3n) is 13.8. The van der Waals surface area contributed by atoms with Crippen LogP contribution in [0.15, 0.2) is 97.1 Å². The van der Waals surface area contributed by atoms with Crippen molar-refractivity contribution in [3.63, 3.8) is 0 Å². The van der Waals surface area contributed by atoms with Crippen molar-refractivity contribution in [1.29, 1.82) is 0 Å². The molecular weight excluding hydrogens is 790 g/mol. The van der Waals surface area contributed by atoms with Crippen molar-refractivity contribution in [3.05, 3.63) is 135 Å². The number of fused-ring (bicyclic) bond motifs is 3. The number of hydrogen-bond donors (Lipinski definition) is 5.